The molecule has 2 aromatic carbocycles. The number of methoxy groups -OCH3 is 1. The second kappa shape index (κ2) is 5.57. The number of fused-ring (bicyclic) bond motifs is 1. The van der Waals surface area contributed by atoms with E-state index in [1.165, 1.54) is 43.5 Å². The van der Waals surface area contributed by atoms with E-state index < -0.39 is 11.8 Å². The lowest BCUT2D eigenvalue weighted by Crippen LogP contribution is -1.98. The number of rotatable bonds is 4. The van der Waals surface area contributed by atoms with Crippen molar-refractivity contribution in [1.82, 2.24) is 0 Å². The Hall–Kier alpha value is -3.15. The largest absolute Gasteiger partial charge is 0.496 e. The Bertz CT molecular complexity index is 909. The van der Waals surface area contributed by atoms with Crippen LogP contribution in [0.3, 0.4) is 0 Å². The van der Waals surface area contributed by atoms with Crippen LogP contribution in [0.4, 0.5) is 4.39 Å². The Morgan fingerprint density at radius 1 is 1.26 bits per heavy atom. The summed E-state index contributed by atoms with van der Waals surface area (Å²) in [6.07, 6.45) is 0.596. The number of hydrogen-bond acceptors (Lipinski definition) is 4. The number of carbonyl (C=O) groups excluding carboxylic acids is 1. The van der Waals surface area contributed by atoms with Crippen molar-refractivity contribution < 1.29 is 28.2 Å². The Morgan fingerprint density at radius 3 is 2.52 bits per heavy atom. The average Bonchev–Trinajstić information content (AvgIpc) is 2.92. The number of aldehydes is 1. The van der Waals surface area contributed by atoms with Gasteiger partial charge in [0.15, 0.2) is 6.29 Å². The quantitative estimate of drug-likeness (QED) is 0.742. The lowest BCUT2D eigenvalue weighted by molar-refractivity contribution is 0.0699. The molecule has 0 radical (unpaired) electrons. The number of ether oxygens (including phenoxy) is 1. The number of furan rings is 1. The third kappa shape index (κ3) is 2.44. The van der Waals surface area contributed by atoms with Crippen LogP contribution in [-0.4, -0.2) is 24.5 Å². The molecular formula is C17H11FO5. The summed E-state index contributed by atoms with van der Waals surface area (Å²) in [4.78, 5) is 22.7. The fourth-order valence-corrected chi connectivity index (χ4v) is 2.42. The van der Waals surface area contributed by atoms with Gasteiger partial charge in [-0.2, -0.15) is 0 Å². The zero-order valence-corrected chi connectivity index (χ0v) is 12.0. The van der Waals surface area contributed by atoms with Gasteiger partial charge >= 0.3 is 5.97 Å². The van der Waals surface area contributed by atoms with E-state index in [4.69, 9.17) is 9.15 Å². The van der Waals surface area contributed by atoms with Crippen LogP contribution in [0.2, 0.25) is 0 Å². The van der Waals surface area contributed by atoms with Crippen LogP contribution < -0.4 is 4.74 Å². The van der Waals surface area contributed by atoms with Crippen molar-refractivity contribution in [2.24, 2.45) is 0 Å². The minimum absolute atomic E-state index is 0.0673. The van der Waals surface area contributed by atoms with Gasteiger partial charge < -0.3 is 14.3 Å². The van der Waals surface area contributed by atoms with Crippen LogP contribution >= 0.6 is 0 Å². The van der Waals surface area contributed by atoms with E-state index in [1.54, 1.807) is 0 Å². The Morgan fingerprint density at radius 2 is 1.96 bits per heavy atom. The van der Waals surface area contributed by atoms with Crippen molar-refractivity contribution in [3.63, 3.8) is 0 Å². The number of aromatic carboxylic acids is 1. The first-order valence-electron chi connectivity index (χ1n) is 6.64. The molecule has 5 nitrogen and oxygen atoms in total. The molecule has 116 valence electrons. The molecule has 0 aliphatic rings. The van der Waals surface area contributed by atoms with E-state index in [9.17, 15) is 19.1 Å². The van der Waals surface area contributed by atoms with Crippen molar-refractivity contribution in [3.05, 3.63) is 53.3 Å². The van der Waals surface area contributed by atoms with Crippen LogP contribution in [0.1, 0.15) is 20.7 Å². The molecule has 0 saturated heterocycles. The molecule has 1 N–H and O–H groups in total. The normalized spacial score (nSPS) is 10.7. The summed E-state index contributed by atoms with van der Waals surface area (Å²) < 4.78 is 23.8. The van der Waals surface area contributed by atoms with Crippen molar-refractivity contribution in [2.45, 2.75) is 0 Å². The molecule has 23 heavy (non-hydrogen) atoms. The zero-order chi connectivity index (χ0) is 16.6. The van der Waals surface area contributed by atoms with E-state index in [2.05, 4.69) is 0 Å². The zero-order valence-electron chi connectivity index (χ0n) is 12.0. The molecule has 3 aromatic rings. The smallest absolute Gasteiger partial charge is 0.340 e. The molecule has 1 aromatic heterocycles. The molecular weight excluding hydrogens is 303 g/mol. The van der Waals surface area contributed by atoms with Crippen molar-refractivity contribution in [3.8, 4) is 17.1 Å². The monoisotopic (exact) mass is 314 g/mol. The highest BCUT2D eigenvalue weighted by molar-refractivity contribution is 6.09. The second-order valence-corrected chi connectivity index (χ2v) is 4.83. The molecule has 0 atom stereocenters. The number of hydrogen-bond donors (Lipinski definition) is 1. The van der Waals surface area contributed by atoms with Gasteiger partial charge in [-0.1, -0.05) is 0 Å². The average molecular weight is 314 g/mol. The fourth-order valence-electron chi connectivity index (χ4n) is 2.42. The molecule has 0 fully saturated rings. The number of carboxylic acid groups (broad SMARTS) is 1. The summed E-state index contributed by atoms with van der Waals surface area (Å²) in [5, 5.41) is 9.82. The summed E-state index contributed by atoms with van der Waals surface area (Å²) >= 11 is 0. The van der Waals surface area contributed by atoms with Gasteiger partial charge in [-0.05, 0) is 36.4 Å². The van der Waals surface area contributed by atoms with E-state index in [1.807, 2.05) is 0 Å². The van der Waals surface area contributed by atoms with Gasteiger partial charge in [-0.3, -0.25) is 4.79 Å². The molecule has 0 bridgehead atoms. The highest BCUT2D eigenvalue weighted by atomic mass is 19.1. The first-order valence-corrected chi connectivity index (χ1v) is 6.64. The lowest BCUT2D eigenvalue weighted by Gasteiger charge is -2.02. The summed E-state index contributed by atoms with van der Waals surface area (Å²) in [6.45, 7) is 0. The molecule has 0 amide bonds. The first kappa shape index (κ1) is 14.8. The van der Waals surface area contributed by atoms with E-state index in [0.29, 0.717) is 17.2 Å². The molecule has 6 heteroatoms. The van der Waals surface area contributed by atoms with Crippen LogP contribution in [0.15, 0.2) is 40.8 Å². The van der Waals surface area contributed by atoms with Gasteiger partial charge in [0, 0.05) is 10.9 Å². The third-order valence-corrected chi connectivity index (χ3v) is 3.49. The van der Waals surface area contributed by atoms with Gasteiger partial charge in [0.05, 0.1) is 12.7 Å². The highest BCUT2D eigenvalue weighted by Gasteiger charge is 2.23. The van der Waals surface area contributed by atoms with Gasteiger partial charge in [-0.15, -0.1) is 0 Å². The van der Waals surface area contributed by atoms with Crippen LogP contribution in [0, 0.1) is 5.82 Å². The Balaban J connectivity index is 2.33. The Labute approximate surface area is 129 Å². The molecule has 0 saturated carbocycles. The fraction of sp³-hybridized carbons (Fsp3) is 0.0588. The molecule has 3 rings (SSSR count). The molecule has 0 aliphatic carbocycles. The van der Waals surface area contributed by atoms with Crippen molar-refractivity contribution in [1.29, 1.82) is 0 Å². The summed E-state index contributed by atoms with van der Waals surface area (Å²) in [7, 11) is 1.38. The number of carbonyl (C=O) groups is 2. The predicted molar refractivity (Wildman–Crippen MR) is 80.5 cm³/mol. The summed E-state index contributed by atoms with van der Waals surface area (Å²) in [5.74, 6) is -1.28. The maximum atomic E-state index is 13.1. The third-order valence-electron chi connectivity index (χ3n) is 3.49. The number of carboxylic acids is 1. The molecule has 0 spiro atoms. The topological polar surface area (TPSA) is 76.7 Å². The SMILES string of the molecule is COc1cc2c(C(=O)O)c(-c3ccc(F)cc3)oc2cc1C=O. The second-order valence-electron chi connectivity index (χ2n) is 4.83. The first-order chi connectivity index (χ1) is 11.0. The maximum absolute atomic E-state index is 13.1. The van der Waals surface area contributed by atoms with Crippen molar-refractivity contribution >= 4 is 23.2 Å². The maximum Gasteiger partial charge on any atom is 0.340 e. The molecule has 0 aliphatic heterocycles. The van der Waals surface area contributed by atoms with Gasteiger partial charge in [-0.25, -0.2) is 9.18 Å². The predicted octanol–water partition coefficient (Wildman–Crippen LogP) is 3.76. The standard InChI is InChI=1S/C17H11FO5/c1-22-13-7-12-14(6-10(13)8-19)23-16(15(12)17(20)21)9-2-4-11(18)5-3-9/h2-8H,1H3,(H,20,21). The number of benzene rings is 2. The van der Waals surface area contributed by atoms with Crippen LogP contribution in [0.5, 0.6) is 5.75 Å². The van der Waals surface area contributed by atoms with E-state index in [0.717, 1.165) is 0 Å². The van der Waals surface area contributed by atoms with E-state index >= 15 is 0 Å². The summed E-state index contributed by atoms with van der Waals surface area (Å²) in [5.41, 5.74) is 0.843. The van der Waals surface area contributed by atoms with Gasteiger partial charge in [0.1, 0.15) is 28.5 Å². The van der Waals surface area contributed by atoms with E-state index in [-0.39, 0.29) is 28.2 Å². The molecule has 1 heterocycles. The molecule has 0 unspecified atom stereocenters. The highest BCUT2D eigenvalue weighted by Crippen LogP contribution is 2.36. The number of halogens is 1. The summed E-state index contributed by atoms with van der Waals surface area (Å²) in [6, 6.07) is 8.14. The Kier molecular flexibility index (Phi) is 3.57. The van der Waals surface area contributed by atoms with Gasteiger partial charge in [0.25, 0.3) is 0 Å². The van der Waals surface area contributed by atoms with Crippen molar-refractivity contribution in [2.75, 3.05) is 7.11 Å². The van der Waals surface area contributed by atoms with Crippen LogP contribution in [0.25, 0.3) is 22.3 Å². The minimum Gasteiger partial charge on any atom is -0.496 e. The lowest BCUT2D eigenvalue weighted by atomic mass is 10.0. The minimum atomic E-state index is -1.19. The van der Waals surface area contributed by atoms with Gasteiger partial charge in [0.2, 0.25) is 0 Å². The van der Waals surface area contributed by atoms with Crippen LogP contribution in [-0.2, 0) is 0 Å².